The number of hydrogen-bond acceptors (Lipinski definition) is 7. The number of fused-ring (bicyclic) bond motifs is 3. The van der Waals surface area contributed by atoms with Crippen molar-refractivity contribution in [1.82, 2.24) is 30.0 Å². The number of pyridine rings is 1. The highest BCUT2D eigenvalue weighted by molar-refractivity contribution is 7.19. The van der Waals surface area contributed by atoms with Gasteiger partial charge in [0.05, 0.1) is 27.6 Å². The van der Waals surface area contributed by atoms with E-state index < -0.39 is 0 Å². The van der Waals surface area contributed by atoms with Gasteiger partial charge in [-0.05, 0) is 77.5 Å². The zero-order valence-electron chi connectivity index (χ0n) is 22.3. The average molecular weight is 531 g/mol. The predicted octanol–water partition coefficient (Wildman–Crippen LogP) is 4.97. The maximum atomic E-state index is 12.5. The molecule has 1 aliphatic rings. The molecule has 1 aromatic carbocycles. The van der Waals surface area contributed by atoms with Crippen LogP contribution in [0.1, 0.15) is 30.2 Å². The third kappa shape index (κ3) is 5.41. The molecule has 198 valence electrons. The van der Waals surface area contributed by atoms with E-state index in [-0.39, 0.29) is 6.03 Å². The Labute approximate surface area is 227 Å². The van der Waals surface area contributed by atoms with Crippen LogP contribution in [-0.2, 0) is 12.8 Å². The summed E-state index contributed by atoms with van der Waals surface area (Å²) in [6, 6.07) is 12.1. The number of hydrogen-bond donors (Lipinski definition) is 3. The van der Waals surface area contributed by atoms with E-state index in [1.54, 1.807) is 0 Å². The highest BCUT2D eigenvalue weighted by atomic mass is 32.1. The molecule has 0 aliphatic heterocycles. The van der Waals surface area contributed by atoms with Crippen LogP contribution in [-0.4, -0.2) is 64.4 Å². The molecule has 9 nitrogen and oxygen atoms in total. The molecule has 0 saturated heterocycles. The Morgan fingerprint density at radius 3 is 2.74 bits per heavy atom. The van der Waals surface area contributed by atoms with E-state index >= 15 is 0 Å². The maximum Gasteiger partial charge on any atom is 0.321 e. The molecule has 0 unspecified atom stereocenters. The van der Waals surface area contributed by atoms with Crippen molar-refractivity contribution in [3.8, 4) is 27.5 Å². The molecule has 3 N–H and O–H groups in total. The summed E-state index contributed by atoms with van der Waals surface area (Å²) in [6.45, 7) is 6.51. The molecule has 1 aliphatic carbocycles. The normalized spacial score (nSPS) is 12.2. The van der Waals surface area contributed by atoms with Gasteiger partial charge in [0, 0.05) is 30.4 Å². The zero-order valence-corrected chi connectivity index (χ0v) is 23.2. The lowest BCUT2D eigenvalue weighted by Crippen LogP contribution is -2.31. The highest BCUT2D eigenvalue weighted by Gasteiger charge is 2.30. The van der Waals surface area contributed by atoms with Gasteiger partial charge in [0.1, 0.15) is 5.82 Å². The van der Waals surface area contributed by atoms with Crippen LogP contribution in [0.15, 0.2) is 42.6 Å². The lowest BCUT2D eigenvalue weighted by molar-refractivity contribution is 0.251. The van der Waals surface area contributed by atoms with Crippen molar-refractivity contribution in [3.63, 3.8) is 0 Å². The van der Waals surface area contributed by atoms with Crippen LogP contribution in [0.25, 0.3) is 27.5 Å². The molecule has 0 atom stereocenters. The van der Waals surface area contributed by atoms with Gasteiger partial charge in [-0.25, -0.2) is 19.4 Å². The molecular weight excluding hydrogens is 496 g/mol. The van der Waals surface area contributed by atoms with Gasteiger partial charge in [-0.3, -0.25) is 5.32 Å². The fraction of sp³-hybridized carbons (Fsp3) is 0.357. The molecule has 0 spiro atoms. The summed E-state index contributed by atoms with van der Waals surface area (Å²) in [5, 5.41) is 14.9. The number of carbonyl (C=O) groups excluding carboxylic acids is 1. The SMILES string of the molecule is CCNc1ccc(-c2nn(-c3ccccc3C)c3c2CCc2nc(NC(=O)NCCCN(C)C)sc2-3)cn1. The maximum absolute atomic E-state index is 12.5. The van der Waals surface area contributed by atoms with Gasteiger partial charge in [0.25, 0.3) is 0 Å². The van der Waals surface area contributed by atoms with Gasteiger partial charge in [-0.15, -0.1) is 0 Å². The third-order valence-corrected chi connectivity index (χ3v) is 7.55. The number of urea groups is 1. The minimum absolute atomic E-state index is 0.227. The Balaban J connectivity index is 1.49. The average Bonchev–Trinajstić information content (AvgIpc) is 3.48. The lowest BCUT2D eigenvalue weighted by Gasteiger charge is -2.15. The number of anilines is 2. The summed E-state index contributed by atoms with van der Waals surface area (Å²) in [7, 11) is 4.05. The van der Waals surface area contributed by atoms with Crippen molar-refractivity contribution < 1.29 is 4.79 Å². The summed E-state index contributed by atoms with van der Waals surface area (Å²) in [5.74, 6) is 0.851. The first kappa shape index (κ1) is 25.9. The first-order valence-electron chi connectivity index (χ1n) is 13.0. The fourth-order valence-electron chi connectivity index (χ4n) is 4.69. The fourth-order valence-corrected chi connectivity index (χ4v) is 5.75. The second kappa shape index (κ2) is 11.3. The van der Waals surface area contributed by atoms with Gasteiger partial charge in [0.15, 0.2) is 5.13 Å². The third-order valence-electron chi connectivity index (χ3n) is 6.53. The van der Waals surface area contributed by atoms with E-state index in [0.717, 1.165) is 76.9 Å². The Morgan fingerprint density at radius 2 is 2.00 bits per heavy atom. The number of amides is 2. The number of aromatic nitrogens is 4. The molecule has 0 radical (unpaired) electrons. The van der Waals surface area contributed by atoms with Crippen LogP contribution >= 0.6 is 11.3 Å². The van der Waals surface area contributed by atoms with Crippen molar-refractivity contribution >= 4 is 28.3 Å². The first-order chi connectivity index (χ1) is 18.4. The smallest absolute Gasteiger partial charge is 0.321 e. The van der Waals surface area contributed by atoms with Crippen LogP contribution in [0.4, 0.5) is 15.7 Å². The Morgan fingerprint density at radius 1 is 1.16 bits per heavy atom. The van der Waals surface area contributed by atoms with Crippen LogP contribution in [0, 0.1) is 6.92 Å². The van der Waals surface area contributed by atoms with E-state index in [1.807, 2.05) is 43.2 Å². The predicted molar refractivity (Wildman–Crippen MR) is 154 cm³/mol. The van der Waals surface area contributed by atoms with Crippen LogP contribution in [0.2, 0.25) is 0 Å². The molecule has 10 heteroatoms. The van der Waals surface area contributed by atoms with E-state index in [4.69, 9.17) is 10.1 Å². The molecule has 0 saturated carbocycles. The Bertz CT molecular complexity index is 1420. The molecule has 0 fully saturated rings. The number of thiazole rings is 1. The van der Waals surface area contributed by atoms with Crippen LogP contribution in [0.3, 0.4) is 0 Å². The topological polar surface area (TPSA) is 100 Å². The second-order valence-electron chi connectivity index (χ2n) is 9.67. The van der Waals surface area contributed by atoms with Gasteiger partial charge < -0.3 is 15.5 Å². The number of benzene rings is 1. The van der Waals surface area contributed by atoms with Crippen molar-refractivity contribution in [2.24, 2.45) is 0 Å². The number of nitrogens with zero attached hydrogens (tertiary/aromatic N) is 5. The Hall–Kier alpha value is -3.76. The molecule has 3 aromatic heterocycles. The summed E-state index contributed by atoms with van der Waals surface area (Å²) < 4.78 is 2.04. The van der Waals surface area contributed by atoms with E-state index in [9.17, 15) is 4.79 Å². The molecule has 3 heterocycles. The van der Waals surface area contributed by atoms with E-state index in [2.05, 4.69) is 57.9 Å². The zero-order chi connectivity index (χ0) is 26.6. The minimum Gasteiger partial charge on any atom is -0.370 e. The summed E-state index contributed by atoms with van der Waals surface area (Å²) in [4.78, 5) is 25.0. The highest BCUT2D eigenvalue weighted by Crippen LogP contribution is 2.44. The number of aryl methyl sites for hydroxylation is 2. The number of carbonyl (C=O) groups is 1. The standard InChI is InChI=1S/C28H34N8OS/c1-5-29-23-14-11-19(17-31-23)24-20-12-13-21-26(25(20)36(34-24)22-10-7-6-9-18(22)2)38-28(32-21)33-27(37)30-15-8-16-35(3)4/h6-7,9-11,14,17H,5,8,12-13,15-16H2,1-4H3,(H,29,31)(H2,30,32,33,37). The first-order valence-corrected chi connectivity index (χ1v) is 13.8. The lowest BCUT2D eigenvalue weighted by atomic mass is 9.95. The monoisotopic (exact) mass is 530 g/mol. The van der Waals surface area contributed by atoms with Crippen molar-refractivity contribution in [1.29, 1.82) is 0 Å². The molecule has 2 amide bonds. The van der Waals surface area contributed by atoms with Gasteiger partial charge >= 0.3 is 6.03 Å². The number of rotatable bonds is 9. The van der Waals surface area contributed by atoms with Crippen molar-refractivity contribution in [2.45, 2.75) is 33.1 Å². The minimum atomic E-state index is -0.227. The van der Waals surface area contributed by atoms with Crippen molar-refractivity contribution in [3.05, 3.63) is 59.4 Å². The molecule has 38 heavy (non-hydrogen) atoms. The molecular formula is C28H34N8OS. The van der Waals surface area contributed by atoms with Gasteiger partial charge in [0.2, 0.25) is 0 Å². The van der Waals surface area contributed by atoms with Crippen LogP contribution < -0.4 is 16.0 Å². The largest absolute Gasteiger partial charge is 0.370 e. The van der Waals surface area contributed by atoms with Crippen LogP contribution in [0.5, 0.6) is 0 Å². The quantitative estimate of drug-likeness (QED) is 0.264. The summed E-state index contributed by atoms with van der Waals surface area (Å²) in [6.07, 6.45) is 4.39. The van der Waals surface area contributed by atoms with Gasteiger partial charge in [-0.2, -0.15) is 5.10 Å². The molecule has 0 bridgehead atoms. The number of nitrogens with one attached hydrogen (secondary N) is 3. The number of para-hydroxylation sites is 1. The van der Waals surface area contributed by atoms with Gasteiger partial charge in [-0.1, -0.05) is 29.5 Å². The van der Waals surface area contributed by atoms with Crippen molar-refractivity contribution in [2.75, 3.05) is 44.4 Å². The Kier molecular flexibility index (Phi) is 7.71. The van der Waals surface area contributed by atoms with E-state index in [0.29, 0.717) is 11.7 Å². The van der Waals surface area contributed by atoms with E-state index in [1.165, 1.54) is 16.9 Å². The molecule has 5 rings (SSSR count). The molecule has 4 aromatic rings. The summed E-state index contributed by atoms with van der Waals surface area (Å²) in [5.41, 5.74) is 7.31. The second-order valence-corrected chi connectivity index (χ2v) is 10.7. The summed E-state index contributed by atoms with van der Waals surface area (Å²) >= 11 is 1.50.